The lowest BCUT2D eigenvalue weighted by molar-refractivity contribution is 0.141. The van der Waals surface area contributed by atoms with Gasteiger partial charge in [0.05, 0.1) is 0 Å². The van der Waals surface area contributed by atoms with Crippen LogP contribution in [0.1, 0.15) is 32.1 Å². The summed E-state index contributed by atoms with van der Waals surface area (Å²) >= 11 is 0. The summed E-state index contributed by atoms with van der Waals surface area (Å²) in [5.41, 5.74) is 0. The monoisotopic (exact) mass is 274 g/mol. The number of rotatable bonds is 4. The van der Waals surface area contributed by atoms with E-state index in [-0.39, 0.29) is 6.10 Å². The summed E-state index contributed by atoms with van der Waals surface area (Å²) in [7, 11) is 1.77. The molecule has 1 aliphatic carbocycles. The molecule has 1 fully saturated rings. The van der Waals surface area contributed by atoms with Crippen LogP contribution >= 0.6 is 0 Å². The number of anilines is 1. The maximum Gasteiger partial charge on any atom is 0.323 e. The zero-order chi connectivity index (χ0) is 13.8. The number of nitrogens with one attached hydrogen (secondary N) is 1. The molecule has 2 heterocycles. The standard InChI is InChI=1S/C13H18N6O/c1-14-11-16-12(19-9-5-8-15-19)18-13(17-11)20-10-6-3-2-4-7-10/h5,8-10H,2-4,6-7H2,1H3,(H,14,16,17,18). The van der Waals surface area contributed by atoms with Crippen molar-refractivity contribution in [2.24, 2.45) is 0 Å². The molecule has 1 aliphatic rings. The Morgan fingerprint density at radius 1 is 1.20 bits per heavy atom. The Balaban J connectivity index is 1.84. The van der Waals surface area contributed by atoms with Crippen LogP contribution < -0.4 is 10.1 Å². The number of nitrogens with zero attached hydrogens (tertiary/aromatic N) is 5. The van der Waals surface area contributed by atoms with Gasteiger partial charge in [-0.3, -0.25) is 0 Å². The van der Waals surface area contributed by atoms with Gasteiger partial charge in [-0.1, -0.05) is 6.42 Å². The number of hydrogen-bond acceptors (Lipinski definition) is 6. The summed E-state index contributed by atoms with van der Waals surface area (Å²) in [5, 5.41) is 7.05. The predicted octanol–water partition coefficient (Wildman–Crippen LogP) is 1.81. The molecule has 0 atom stereocenters. The van der Waals surface area contributed by atoms with Crippen LogP contribution in [0.3, 0.4) is 0 Å². The molecule has 0 aromatic carbocycles. The van der Waals surface area contributed by atoms with Crippen LogP contribution in [-0.4, -0.2) is 37.9 Å². The van der Waals surface area contributed by atoms with Gasteiger partial charge in [-0.2, -0.15) is 20.1 Å². The lowest BCUT2D eigenvalue weighted by Gasteiger charge is -2.21. The molecule has 7 nitrogen and oxygen atoms in total. The maximum atomic E-state index is 5.89. The summed E-state index contributed by atoms with van der Waals surface area (Å²) in [4.78, 5) is 12.9. The van der Waals surface area contributed by atoms with E-state index < -0.39 is 0 Å². The Labute approximate surface area is 117 Å². The van der Waals surface area contributed by atoms with Crippen molar-refractivity contribution in [1.82, 2.24) is 24.7 Å². The van der Waals surface area contributed by atoms with Gasteiger partial charge in [-0.15, -0.1) is 0 Å². The Morgan fingerprint density at radius 3 is 2.75 bits per heavy atom. The molecule has 0 amide bonds. The predicted molar refractivity (Wildman–Crippen MR) is 74.0 cm³/mol. The van der Waals surface area contributed by atoms with Crippen molar-refractivity contribution in [3.05, 3.63) is 18.5 Å². The summed E-state index contributed by atoms with van der Waals surface area (Å²) in [6.07, 6.45) is 9.53. The zero-order valence-electron chi connectivity index (χ0n) is 11.5. The van der Waals surface area contributed by atoms with E-state index in [9.17, 15) is 0 Å². The molecule has 0 saturated heterocycles. The number of aromatic nitrogens is 5. The highest BCUT2D eigenvalue weighted by molar-refractivity contribution is 5.29. The van der Waals surface area contributed by atoms with Crippen LogP contribution in [0.4, 0.5) is 5.95 Å². The largest absolute Gasteiger partial charge is 0.460 e. The van der Waals surface area contributed by atoms with Crippen LogP contribution in [-0.2, 0) is 0 Å². The van der Waals surface area contributed by atoms with E-state index in [0.717, 1.165) is 12.8 Å². The smallest absolute Gasteiger partial charge is 0.323 e. The average molecular weight is 274 g/mol. The van der Waals surface area contributed by atoms with Crippen molar-refractivity contribution >= 4 is 5.95 Å². The van der Waals surface area contributed by atoms with Crippen molar-refractivity contribution in [3.63, 3.8) is 0 Å². The summed E-state index contributed by atoms with van der Waals surface area (Å²) in [6, 6.07) is 2.19. The Hall–Kier alpha value is -2.18. The van der Waals surface area contributed by atoms with Crippen LogP contribution in [0, 0.1) is 0 Å². The Kier molecular flexibility index (Phi) is 3.76. The van der Waals surface area contributed by atoms with Crippen LogP contribution in [0.5, 0.6) is 6.01 Å². The van der Waals surface area contributed by atoms with E-state index in [0.29, 0.717) is 17.9 Å². The van der Waals surface area contributed by atoms with Gasteiger partial charge in [0.15, 0.2) is 0 Å². The van der Waals surface area contributed by atoms with Crippen molar-refractivity contribution in [2.45, 2.75) is 38.2 Å². The molecule has 2 aromatic heterocycles. The third-order valence-electron chi connectivity index (χ3n) is 3.36. The second-order valence-electron chi connectivity index (χ2n) is 4.82. The molecule has 1 saturated carbocycles. The van der Waals surface area contributed by atoms with E-state index in [1.54, 1.807) is 24.1 Å². The molecule has 0 spiro atoms. The van der Waals surface area contributed by atoms with Crippen molar-refractivity contribution in [1.29, 1.82) is 0 Å². The van der Waals surface area contributed by atoms with Crippen LogP contribution in [0.25, 0.3) is 5.95 Å². The molecular weight excluding hydrogens is 256 g/mol. The third kappa shape index (κ3) is 2.87. The molecule has 7 heteroatoms. The fourth-order valence-electron chi connectivity index (χ4n) is 2.33. The van der Waals surface area contributed by atoms with E-state index in [1.807, 2.05) is 6.07 Å². The van der Waals surface area contributed by atoms with Gasteiger partial charge < -0.3 is 10.1 Å². The van der Waals surface area contributed by atoms with Crippen molar-refractivity contribution < 1.29 is 4.74 Å². The molecule has 0 unspecified atom stereocenters. The third-order valence-corrected chi connectivity index (χ3v) is 3.36. The van der Waals surface area contributed by atoms with Gasteiger partial charge in [-0.25, -0.2) is 4.68 Å². The molecule has 106 valence electrons. The molecule has 0 aliphatic heterocycles. The normalized spacial score (nSPS) is 16.1. The molecular formula is C13H18N6O. The number of ether oxygens (including phenoxy) is 1. The first-order valence-corrected chi connectivity index (χ1v) is 6.95. The van der Waals surface area contributed by atoms with E-state index in [1.165, 1.54) is 19.3 Å². The maximum absolute atomic E-state index is 5.89. The van der Waals surface area contributed by atoms with E-state index >= 15 is 0 Å². The van der Waals surface area contributed by atoms with E-state index in [2.05, 4.69) is 25.4 Å². The number of hydrogen-bond donors (Lipinski definition) is 1. The molecule has 2 aromatic rings. The minimum Gasteiger partial charge on any atom is -0.460 e. The molecule has 0 radical (unpaired) electrons. The summed E-state index contributed by atoms with van der Waals surface area (Å²) in [6.45, 7) is 0. The highest BCUT2D eigenvalue weighted by atomic mass is 16.5. The second kappa shape index (κ2) is 5.85. The fourth-order valence-corrected chi connectivity index (χ4v) is 2.33. The van der Waals surface area contributed by atoms with Gasteiger partial charge >= 0.3 is 6.01 Å². The molecule has 0 bridgehead atoms. The average Bonchev–Trinajstić information content (AvgIpc) is 3.02. The Bertz CT molecular complexity index is 550. The SMILES string of the molecule is CNc1nc(OC2CCCCC2)nc(-n2cccn2)n1. The van der Waals surface area contributed by atoms with Gasteiger partial charge in [0.1, 0.15) is 6.10 Å². The minimum absolute atomic E-state index is 0.210. The minimum atomic E-state index is 0.210. The highest BCUT2D eigenvalue weighted by Crippen LogP contribution is 2.22. The fraction of sp³-hybridized carbons (Fsp3) is 0.538. The van der Waals surface area contributed by atoms with Crippen molar-refractivity contribution in [3.8, 4) is 12.0 Å². The first-order valence-electron chi connectivity index (χ1n) is 6.95. The first-order chi connectivity index (χ1) is 9.85. The molecule has 20 heavy (non-hydrogen) atoms. The second-order valence-corrected chi connectivity index (χ2v) is 4.82. The van der Waals surface area contributed by atoms with E-state index in [4.69, 9.17) is 4.74 Å². The Morgan fingerprint density at radius 2 is 2.05 bits per heavy atom. The summed E-state index contributed by atoms with van der Waals surface area (Å²) < 4.78 is 7.49. The highest BCUT2D eigenvalue weighted by Gasteiger charge is 2.17. The lowest BCUT2D eigenvalue weighted by atomic mass is 9.98. The first kappa shape index (κ1) is 12.8. The van der Waals surface area contributed by atoms with Crippen LogP contribution in [0.2, 0.25) is 0 Å². The van der Waals surface area contributed by atoms with Gasteiger partial charge in [-0.05, 0) is 31.7 Å². The quantitative estimate of drug-likeness (QED) is 0.916. The molecule has 1 N–H and O–H groups in total. The lowest BCUT2D eigenvalue weighted by Crippen LogP contribution is -2.21. The summed E-state index contributed by atoms with van der Waals surface area (Å²) in [5.74, 6) is 0.941. The topological polar surface area (TPSA) is 77.8 Å². The molecule has 3 rings (SSSR count). The van der Waals surface area contributed by atoms with Gasteiger partial charge in [0, 0.05) is 19.4 Å². The van der Waals surface area contributed by atoms with Gasteiger partial charge in [0.2, 0.25) is 5.95 Å². The van der Waals surface area contributed by atoms with Gasteiger partial charge in [0.25, 0.3) is 5.95 Å². The van der Waals surface area contributed by atoms with Crippen LogP contribution in [0.15, 0.2) is 18.5 Å². The van der Waals surface area contributed by atoms with Crippen molar-refractivity contribution in [2.75, 3.05) is 12.4 Å². The zero-order valence-corrected chi connectivity index (χ0v) is 11.5.